The molecule has 2 aliphatic rings. The van der Waals surface area contributed by atoms with Gasteiger partial charge in [0.25, 0.3) is 0 Å². The molecule has 2 nitrogen and oxygen atoms in total. The Morgan fingerprint density at radius 2 is 0.794 bits per heavy atom. The lowest BCUT2D eigenvalue weighted by atomic mass is 9.61. The van der Waals surface area contributed by atoms with Crippen LogP contribution in [0, 0.1) is 6.92 Å². The molecule has 11 aromatic carbocycles. The molecule has 0 N–H and O–H groups in total. The molecular weight excluding hydrogens is 837 g/mol. The van der Waals surface area contributed by atoms with Crippen LogP contribution in [0.25, 0.3) is 54.6 Å². The number of aryl methyl sites for hydroxylation is 1. The number of rotatable bonds is 7. The van der Waals surface area contributed by atoms with Crippen molar-refractivity contribution in [2.75, 3.05) is 9.80 Å². The van der Waals surface area contributed by atoms with E-state index in [4.69, 9.17) is 0 Å². The predicted octanol–water partition coefficient (Wildman–Crippen LogP) is 17.3. The minimum atomic E-state index is -1.55. The summed E-state index contributed by atoms with van der Waals surface area (Å²) < 4.78 is 0. The quantitative estimate of drug-likeness (QED) is 0.147. The zero-order chi connectivity index (χ0) is 45.7. The van der Waals surface area contributed by atoms with Gasteiger partial charge in [0.2, 0.25) is 0 Å². The van der Waals surface area contributed by atoms with Gasteiger partial charge in [-0.2, -0.15) is 0 Å². The Kier molecular flexibility index (Phi) is 9.06. The molecule has 0 radical (unpaired) electrons. The van der Waals surface area contributed by atoms with Crippen LogP contribution in [0.4, 0.5) is 34.1 Å². The standard InChI is InChI=1S/C65H50N2Si/c1-43-30-32-47(33-31-43)67(62-29-14-19-45-17-6-8-21-51(45)62)63-41-40-55-54-39-36-48(66(46-34-37-49(38-35-46)68(2,3)4)61-28-13-18-44-16-5-7-20-50(44)61)42-60(54)65(59-27-15-24-56(63)64(55)59)57-25-11-9-22-52(57)53-23-10-12-26-58(53)65/h5-42H,1-4H3. The van der Waals surface area contributed by atoms with E-state index < -0.39 is 13.5 Å². The molecule has 0 aromatic heterocycles. The fourth-order valence-electron chi connectivity index (χ4n) is 11.7. The summed E-state index contributed by atoms with van der Waals surface area (Å²) in [5.74, 6) is 0. The average molecular weight is 887 g/mol. The Balaban J connectivity index is 1.12. The van der Waals surface area contributed by atoms with Crippen molar-refractivity contribution in [2.24, 2.45) is 0 Å². The molecule has 68 heavy (non-hydrogen) atoms. The molecule has 0 unspecified atom stereocenters. The Labute approximate surface area is 400 Å². The van der Waals surface area contributed by atoms with Crippen molar-refractivity contribution in [2.45, 2.75) is 32.0 Å². The van der Waals surface area contributed by atoms with Crippen LogP contribution in [-0.4, -0.2) is 8.07 Å². The number of nitrogens with zero attached hydrogens (tertiary/aromatic N) is 2. The first kappa shape index (κ1) is 40.3. The largest absolute Gasteiger partial charge is 0.310 e. The van der Waals surface area contributed by atoms with Crippen molar-refractivity contribution in [1.29, 1.82) is 0 Å². The first-order valence-corrected chi connectivity index (χ1v) is 27.4. The second-order valence-electron chi connectivity index (χ2n) is 19.7. The SMILES string of the molecule is Cc1ccc(N(c2cccc3ccccc23)c2ccc3c4c(cccc24)C2(c4ccccc4-c4ccccc42)c2cc(N(c4ccc([Si](C)(C)C)cc4)c4cccc5ccccc45)ccc2-3)cc1. The van der Waals surface area contributed by atoms with Crippen molar-refractivity contribution < 1.29 is 0 Å². The van der Waals surface area contributed by atoms with Crippen LogP contribution >= 0.6 is 0 Å². The highest BCUT2D eigenvalue weighted by Crippen LogP contribution is 2.63. The molecule has 0 fully saturated rings. The van der Waals surface area contributed by atoms with Crippen molar-refractivity contribution in [3.63, 3.8) is 0 Å². The summed E-state index contributed by atoms with van der Waals surface area (Å²) in [6.45, 7) is 9.44. The van der Waals surface area contributed by atoms with E-state index in [1.54, 1.807) is 0 Å². The van der Waals surface area contributed by atoms with Gasteiger partial charge in [0.05, 0.1) is 30.6 Å². The Bertz CT molecular complexity index is 3750. The molecule has 1 spiro atoms. The highest BCUT2D eigenvalue weighted by atomic mass is 28.3. The van der Waals surface area contributed by atoms with E-state index in [-0.39, 0.29) is 0 Å². The van der Waals surface area contributed by atoms with E-state index in [1.807, 2.05) is 0 Å². The Morgan fingerprint density at radius 1 is 0.338 bits per heavy atom. The number of benzene rings is 11. The minimum Gasteiger partial charge on any atom is -0.310 e. The monoisotopic (exact) mass is 886 g/mol. The molecule has 0 atom stereocenters. The molecule has 11 aromatic rings. The fraction of sp³-hybridized carbons (Fsp3) is 0.0769. The minimum absolute atomic E-state index is 0.607. The second-order valence-corrected chi connectivity index (χ2v) is 24.8. The van der Waals surface area contributed by atoms with Gasteiger partial charge in [-0.3, -0.25) is 0 Å². The number of anilines is 6. The zero-order valence-electron chi connectivity index (χ0n) is 38.8. The summed E-state index contributed by atoms with van der Waals surface area (Å²) in [5, 5.41) is 8.85. The van der Waals surface area contributed by atoms with Crippen LogP contribution in [0.3, 0.4) is 0 Å². The highest BCUT2D eigenvalue weighted by Gasteiger charge is 2.50. The van der Waals surface area contributed by atoms with E-state index in [1.165, 1.54) is 87.6 Å². The highest BCUT2D eigenvalue weighted by molar-refractivity contribution is 6.88. The first-order valence-electron chi connectivity index (χ1n) is 23.9. The molecule has 0 amide bonds. The summed E-state index contributed by atoms with van der Waals surface area (Å²) in [6, 6.07) is 87.0. The van der Waals surface area contributed by atoms with Gasteiger partial charge in [-0.15, -0.1) is 0 Å². The summed E-state index contributed by atoms with van der Waals surface area (Å²) in [5.41, 5.74) is 17.9. The van der Waals surface area contributed by atoms with Gasteiger partial charge in [0.15, 0.2) is 0 Å². The van der Waals surface area contributed by atoms with Gasteiger partial charge in [0.1, 0.15) is 0 Å². The predicted molar refractivity (Wildman–Crippen MR) is 292 cm³/mol. The molecular formula is C65H50N2Si. The number of fused-ring (bicyclic) bond motifs is 11. The maximum absolute atomic E-state index is 2.53. The molecule has 0 saturated heterocycles. The molecule has 3 heteroatoms. The molecule has 0 aliphatic heterocycles. The normalized spacial score (nSPS) is 13.1. The number of hydrogen-bond acceptors (Lipinski definition) is 2. The van der Waals surface area contributed by atoms with Crippen LogP contribution in [0.1, 0.15) is 27.8 Å². The van der Waals surface area contributed by atoms with Crippen molar-refractivity contribution in [1.82, 2.24) is 0 Å². The van der Waals surface area contributed by atoms with Crippen molar-refractivity contribution in [3.8, 4) is 22.3 Å². The first-order chi connectivity index (χ1) is 33.3. The summed E-state index contributed by atoms with van der Waals surface area (Å²) in [7, 11) is -1.55. The molecule has 324 valence electrons. The molecule has 0 heterocycles. The van der Waals surface area contributed by atoms with E-state index in [9.17, 15) is 0 Å². The summed E-state index contributed by atoms with van der Waals surface area (Å²) in [4.78, 5) is 4.99. The smallest absolute Gasteiger partial charge is 0.0775 e. The van der Waals surface area contributed by atoms with Crippen LogP contribution in [0.5, 0.6) is 0 Å². The van der Waals surface area contributed by atoms with E-state index in [0.29, 0.717) is 0 Å². The fourth-order valence-corrected chi connectivity index (χ4v) is 12.9. The summed E-state index contributed by atoms with van der Waals surface area (Å²) in [6.07, 6.45) is 0. The molecule has 2 aliphatic carbocycles. The third kappa shape index (κ3) is 5.95. The lowest BCUT2D eigenvalue weighted by Crippen LogP contribution is -2.37. The van der Waals surface area contributed by atoms with Crippen molar-refractivity contribution >= 4 is 79.7 Å². The van der Waals surface area contributed by atoms with Gasteiger partial charge < -0.3 is 9.80 Å². The molecule has 13 rings (SSSR count). The third-order valence-electron chi connectivity index (χ3n) is 14.9. The molecule has 0 saturated carbocycles. The van der Waals surface area contributed by atoms with Crippen LogP contribution in [-0.2, 0) is 5.41 Å². The molecule has 0 bridgehead atoms. The maximum Gasteiger partial charge on any atom is 0.0775 e. The lowest BCUT2D eigenvalue weighted by Gasteiger charge is -2.41. The van der Waals surface area contributed by atoms with Gasteiger partial charge in [-0.1, -0.05) is 206 Å². The Hall–Kier alpha value is -7.98. The van der Waals surface area contributed by atoms with E-state index >= 15 is 0 Å². The van der Waals surface area contributed by atoms with Crippen LogP contribution < -0.4 is 15.0 Å². The van der Waals surface area contributed by atoms with Gasteiger partial charge in [-0.25, -0.2) is 0 Å². The van der Waals surface area contributed by atoms with Crippen molar-refractivity contribution in [3.05, 3.63) is 258 Å². The van der Waals surface area contributed by atoms with Gasteiger partial charge in [0, 0.05) is 33.2 Å². The lowest BCUT2D eigenvalue weighted by molar-refractivity contribution is 0.773. The third-order valence-corrected chi connectivity index (χ3v) is 16.9. The maximum atomic E-state index is 2.53. The van der Waals surface area contributed by atoms with Gasteiger partial charge >= 0.3 is 0 Å². The van der Waals surface area contributed by atoms with E-state index in [0.717, 1.165) is 34.1 Å². The number of hydrogen-bond donors (Lipinski definition) is 0. The van der Waals surface area contributed by atoms with Gasteiger partial charge in [-0.05, 0) is 122 Å². The summed E-state index contributed by atoms with van der Waals surface area (Å²) >= 11 is 0. The van der Waals surface area contributed by atoms with Crippen LogP contribution in [0.15, 0.2) is 231 Å². The zero-order valence-corrected chi connectivity index (χ0v) is 39.8. The van der Waals surface area contributed by atoms with Crippen LogP contribution in [0.2, 0.25) is 19.6 Å². The second kappa shape index (κ2) is 15.3. The van der Waals surface area contributed by atoms with E-state index in [2.05, 4.69) is 267 Å². The Morgan fingerprint density at radius 3 is 1.44 bits per heavy atom. The average Bonchev–Trinajstić information content (AvgIpc) is 3.67. The topological polar surface area (TPSA) is 6.48 Å².